The summed E-state index contributed by atoms with van der Waals surface area (Å²) in [5.74, 6) is -0.314. The van der Waals surface area contributed by atoms with Crippen molar-refractivity contribution in [3.8, 4) is 5.75 Å². The first kappa shape index (κ1) is 14.3. The summed E-state index contributed by atoms with van der Waals surface area (Å²) in [5, 5.41) is 8.94. The minimum atomic E-state index is -0.959. The summed E-state index contributed by atoms with van der Waals surface area (Å²) in [5.41, 5.74) is 2.86. The molecule has 1 N–H and O–H groups in total. The number of carbonyl (C=O) groups excluding carboxylic acids is 1. The van der Waals surface area contributed by atoms with E-state index < -0.39 is 5.97 Å². The molecule has 0 fully saturated rings. The van der Waals surface area contributed by atoms with Crippen LogP contribution in [0.15, 0.2) is 42.5 Å². The molecule has 4 heteroatoms. The van der Waals surface area contributed by atoms with Gasteiger partial charge in [-0.1, -0.05) is 12.1 Å². The molecule has 0 spiro atoms. The minimum Gasteiger partial charge on any atom is -0.497 e. The maximum Gasteiger partial charge on any atom is 0.335 e. The van der Waals surface area contributed by atoms with Crippen LogP contribution in [0.1, 0.15) is 44.2 Å². The van der Waals surface area contributed by atoms with Gasteiger partial charge in [-0.15, -0.1) is 0 Å². The second-order valence-corrected chi connectivity index (χ2v) is 5.41. The number of rotatable bonds is 3. The topological polar surface area (TPSA) is 63.6 Å². The number of carbonyl (C=O) groups is 2. The average molecular weight is 296 g/mol. The van der Waals surface area contributed by atoms with E-state index in [-0.39, 0.29) is 17.3 Å². The van der Waals surface area contributed by atoms with Gasteiger partial charge >= 0.3 is 5.97 Å². The van der Waals surface area contributed by atoms with Gasteiger partial charge in [-0.3, -0.25) is 4.79 Å². The predicted molar refractivity (Wildman–Crippen MR) is 81.8 cm³/mol. The number of methoxy groups -OCH3 is 1. The Bertz CT molecular complexity index is 731. The number of fused-ring (bicyclic) bond motifs is 1. The smallest absolute Gasteiger partial charge is 0.335 e. The second-order valence-electron chi connectivity index (χ2n) is 5.41. The number of ketones is 1. The van der Waals surface area contributed by atoms with Crippen LogP contribution in [0.25, 0.3) is 0 Å². The lowest BCUT2D eigenvalue weighted by molar-refractivity contribution is 0.0696. The predicted octanol–water partition coefficient (Wildman–Crippen LogP) is 3.31. The summed E-state index contributed by atoms with van der Waals surface area (Å²) >= 11 is 0. The van der Waals surface area contributed by atoms with E-state index in [0.29, 0.717) is 0 Å². The monoisotopic (exact) mass is 296 g/mol. The lowest BCUT2D eigenvalue weighted by atomic mass is 9.79. The van der Waals surface area contributed by atoms with Gasteiger partial charge in [-0.05, 0) is 54.3 Å². The van der Waals surface area contributed by atoms with Gasteiger partial charge in [0.15, 0.2) is 5.78 Å². The van der Waals surface area contributed by atoms with E-state index in [1.807, 2.05) is 12.1 Å². The van der Waals surface area contributed by atoms with Gasteiger partial charge in [-0.25, -0.2) is 4.79 Å². The third kappa shape index (κ3) is 2.48. The highest BCUT2D eigenvalue weighted by atomic mass is 16.5. The van der Waals surface area contributed by atoms with Crippen LogP contribution in [0.2, 0.25) is 0 Å². The number of aromatic carboxylic acids is 1. The van der Waals surface area contributed by atoms with Crippen LogP contribution in [0.4, 0.5) is 0 Å². The zero-order valence-corrected chi connectivity index (χ0v) is 12.2. The molecule has 0 aromatic heterocycles. The molecule has 22 heavy (non-hydrogen) atoms. The zero-order valence-electron chi connectivity index (χ0n) is 12.2. The molecule has 0 heterocycles. The van der Waals surface area contributed by atoms with E-state index in [0.717, 1.165) is 35.3 Å². The number of ether oxygens (including phenoxy) is 1. The van der Waals surface area contributed by atoms with Crippen molar-refractivity contribution in [2.24, 2.45) is 0 Å². The van der Waals surface area contributed by atoms with Gasteiger partial charge < -0.3 is 9.84 Å². The summed E-state index contributed by atoms with van der Waals surface area (Å²) in [6, 6.07) is 12.1. The minimum absolute atomic E-state index is 0.0898. The average Bonchev–Trinajstić information content (AvgIpc) is 2.55. The quantitative estimate of drug-likeness (QED) is 0.944. The number of aryl methyl sites for hydroxylation is 1. The van der Waals surface area contributed by atoms with Gasteiger partial charge in [0.1, 0.15) is 5.75 Å². The first-order chi connectivity index (χ1) is 10.6. The Hall–Kier alpha value is -2.62. The van der Waals surface area contributed by atoms with Gasteiger partial charge in [0.2, 0.25) is 0 Å². The number of benzene rings is 2. The Morgan fingerprint density at radius 1 is 1.18 bits per heavy atom. The standard InChI is InChI=1S/C18H16O4/c1-22-14-7-9-16-13(10-14)6-8-15(17(16)19)11-2-4-12(5-3-11)18(20)21/h2-5,7,9-10,15H,6,8H2,1H3,(H,20,21). The molecule has 1 unspecified atom stereocenters. The SMILES string of the molecule is COc1ccc2c(c1)CCC(c1ccc(C(=O)O)cc1)C2=O. The Kier molecular flexibility index (Phi) is 3.67. The Balaban J connectivity index is 1.90. The van der Waals surface area contributed by atoms with Crippen molar-refractivity contribution in [3.05, 3.63) is 64.7 Å². The largest absolute Gasteiger partial charge is 0.497 e. The molecular formula is C18H16O4. The van der Waals surface area contributed by atoms with Crippen molar-refractivity contribution in [1.82, 2.24) is 0 Å². The molecule has 0 bridgehead atoms. The summed E-state index contributed by atoms with van der Waals surface area (Å²) in [6.07, 6.45) is 1.54. The normalized spacial score (nSPS) is 17.0. The molecular weight excluding hydrogens is 280 g/mol. The molecule has 1 atom stereocenters. The van der Waals surface area contributed by atoms with Crippen LogP contribution in [0.5, 0.6) is 5.75 Å². The Morgan fingerprint density at radius 3 is 2.55 bits per heavy atom. The highest BCUT2D eigenvalue weighted by Gasteiger charge is 2.28. The fraction of sp³-hybridized carbons (Fsp3) is 0.222. The van der Waals surface area contributed by atoms with E-state index >= 15 is 0 Å². The molecule has 1 aliphatic carbocycles. The second kappa shape index (κ2) is 5.64. The van der Waals surface area contributed by atoms with E-state index in [1.54, 1.807) is 37.4 Å². The van der Waals surface area contributed by atoms with Crippen LogP contribution < -0.4 is 4.74 Å². The molecule has 4 nitrogen and oxygen atoms in total. The van der Waals surface area contributed by atoms with Crippen molar-refractivity contribution >= 4 is 11.8 Å². The van der Waals surface area contributed by atoms with Crippen LogP contribution in [0.3, 0.4) is 0 Å². The van der Waals surface area contributed by atoms with Crippen molar-refractivity contribution < 1.29 is 19.4 Å². The van der Waals surface area contributed by atoms with Crippen molar-refractivity contribution in [2.75, 3.05) is 7.11 Å². The van der Waals surface area contributed by atoms with Crippen LogP contribution in [-0.2, 0) is 6.42 Å². The van der Waals surface area contributed by atoms with E-state index in [1.165, 1.54) is 0 Å². The zero-order chi connectivity index (χ0) is 15.7. The first-order valence-corrected chi connectivity index (χ1v) is 7.14. The molecule has 1 aliphatic rings. The van der Waals surface area contributed by atoms with Crippen LogP contribution in [-0.4, -0.2) is 24.0 Å². The number of Topliss-reactive ketones (excluding diaryl/α,β-unsaturated/α-hetero) is 1. The summed E-state index contributed by atoms with van der Waals surface area (Å²) < 4.78 is 5.20. The molecule has 0 saturated heterocycles. The third-order valence-electron chi connectivity index (χ3n) is 4.16. The van der Waals surface area contributed by atoms with Gasteiger partial charge in [-0.2, -0.15) is 0 Å². The van der Waals surface area contributed by atoms with Gasteiger partial charge in [0.25, 0.3) is 0 Å². The van der Waals surface area contributed by atoms with Gasteiger partial charge in [0.05, 0.1) is 12.7 Å². The molecule has 2 aromatic carbocycles. The molecule has 0 aliphatic heterocycles. The maximum atomic E-state index is 12.7. The van der Waals surface area contributed by atoms with Gasteiger partial charge in [0, 0.05) is 11.5 Å². The number of carboxylic acid groups (broad SMARTS) is 1. The first-order valence-electron chi connectivity index (χ1n) is 7.14. The molecule has 3 rings (SSSR count). The highest BCUT2D eigenvalue weighted by molar-refractivity contribution is 6.03. The number of hydrogen-bond acceptors (Lipinski definition) is 3. The highest BCUT2D eigenvalue weighted by Crippen LogP contribution is 2.34. The number of hydrogen-bond donors (Lipinski definition) is 1. The summed E-state index contributed by atoms with van der Waals surface area (Å²) in [7, 11) is 1.61. The van der Waals surface area contributed by atoms with Crippen LogP contribution >= 0.6 is 0 Å². The molecule has 0 amide bonds. The van der Waals surface area contributed by atoms with Crippen molar-refractivity contribution in [1.29, 1.82) is 0 Å². The molecule has 0 saturated carbocycles. The maximum absolute atomic E-state index is 12.7. The number of carboxylic acids is 1. The Labute approximate surface area is 128 Å². The molecule has 2 aromatic rings. The lowest BCUT2D eigenvalue weighted by Crippen LogP contribution is -2.21. The van der Waals surface area contributed by atoms with Crippen molar-refractivity contribution in [3.63, 3.8) is 0 Å². The van der Waals surface area contributed by atoms with Crippen LogP contribution in [0, 0.1) is 0 Å². The molecule has 112 valence electrons. The fourth-order valence-electron chi connectivity index (χ4n) is 2.94. The van der Waals surface area contributed by atoms with E-state index in [4.69, 9.17) is 9.84 Å². The third-order valence-corrected chi connectivity index (χ3v) is 4.16. The lowest BCUT2D eigenvalue weighted by Gasteiger charge is -2.24. The summed E-state index contributed by atoms with van der Waals surface area (Å²) in [4.78, 5) is 23.6. The fourth-order valence-corrected chi connectivity index (χ4v) is 2.94. The Morgan fingerprint density at radius 2 is 1.91 bits per heavy atom. The molecule has 0 radical (unpaired) electrons. The summed E-state index contributed by atoms with van der Waals surface area (Å²) in [6.45, 7) is 0. The van der Waals surface area contributed by atoms with E-state index in [9.17, 15) is 9.59 Å². The van der Waals surface area contributed by atoms with E-state index in [2.05, 4.69) is 0 Å². The van der Waals surface area contributed by atoms with Crippen molar-refractivity contribution in [2.45, 2.75) is 18.8 Å².